The molecule has 0 aromatic heterocycles. The normalized spacial score (nSPS) is 21.8. The lowest BCUT2D eigenvalue weighted by atomic mass is 9.84. The van der Waals surface area contributed by atoms with Gasteiger partial charge in [-0.15, -0.1) is 0 Å². The van der Waals surface area contributed by atoms with Gasteiger partial charge in [0.15, 0.2) is 0 Å². The number of aryl methyl sites for hydroxylation is 1. The Bertz CT molecular complexity index is 378. The van der Waals surface area contributed by atoms with E-state index in [-0.39, 0.29) is 5.92 Å². The summed E-state index contributed by atoms with van der Waals surface area (Å²) in [7, 11) is 2.11. The van der Waals surface area contributed by atoms with Gasteiger partial charge in [0.1, 0.15) is 0 Å². The van der Waals surface area contributed by atoms with E-state index in [1.807, 2.05) is 0 Å². The first-order valence-electron chi connectivity index (χ1n) is 5.84. The maximum Gasteiger partial charge on any atom is 0.0732 e. The summed E-state index contributed by atoms with van der Waals surface area (Å²) in [5.74, 6) is 0.191. The van der Waals surface area contributed by atoms with Gasteiger partial charge in [-0.2, -0.15) is 0 Å². The van der Waals surface area contributed by atoms with Crippen molar-refractivity contribution < 1.29 is 5.11 Å². The van der Waals surface area contributed by atoms with Crippen LogP contribution in [0.4, 0.5) is 5.69 Å². The summed E-state index contributed by atoms with van der Waals surface area (Å²) in [5, 5.41) is 9.96. The molecular formula is C13H20N2O. The zero-order valence-electron chi connectivity index (χ0n) is 9.98. The van der Waals surface area contributed by atoms with Crippen molar-refractivity contribution in [2.75, 3.05) is 25.0 Å². The molecule has 0 bridgehead atoms. The highest BCUT2D eigenvalue weighted by atomic mass is 16.3. The Morgan fingerprint density at radius 2 is 2.31 bits per heavy atom. The first-order chi connectivity index (χ1) is 7.65. The molecule has 1 aromatic rings. The summed E-state index contributed by atoms with van der Waals surface area (Å²) in [6.45, 7) is 3.44. The zero-order chi connectivity index (χ0) is 11.7. The lowest BCUT2D eigenvalue weighted by Gasteiger charge is -2.36. The summed E-state index contributed by atoms with van der Waals surface area (Å²) in [6, 6.07) is 6.29. The molecular weight excluding hydrogens is 200 g/mol. The van der Waals surface area contributed by atoms with Gasteiger partial charge in [-0.25, -0.2) is 0 Å². The first kappa shape index (κ1) is 11.4. The van der Waals surface area contributed by atoms with Gasteiger partial charge in [0.05, 0.1) is 6.10 Å². The molecule has 1 aliphatic heterocycles. The standard InChI is InChI=1S/C13H20N2O/c1-9-4-3-5-11-10(12(16)8-14)6-7-15(2)13(9)11/h3-5,10,12,16H,6-8,14H2,1-2H3. The molecule has 2 rings (SSSR count). The molecule has 0 aliphatic carbocycles. The largest absolute Gasteiger partial charge is 0.391 e. The molecule has 1 heterocycles. The van der Waals surface area contributed by atoms with Gasteiger partial charge in [-0.3, -0.25) is 0 Å². The van der Waals surface area contributed by atoms with Gasteiger partial charge in [0, 0.05) is 31.7 Å². The molecule has 88 valence electrons. The number of anilines is 1. The number of aliphatic hydroxyl groups excluding tert-OH is 1. The number of fused-ring (bicyclic) bond motifs is 1. The van der Waals surface area contributed by atoms with E-state index in [2.05, 4.69) is 37.1 Å². The SMILES string of the molecule is Cc1cccc2c1N(C)CCC2C(O)CN. The number of benzene rings is 1. The van der Waals surface area contributed by atoms with E-state index in [4.69, 9.17) is 5.73 Å². The van der Waals surface area contributed by atoms with Crippen LogP contribution in [0.5, 0.6) is 0 Å². The Morgan fingerprint density at radius 3 is 3.00 bits per heavy atom. The van der Waals surface area contributed by atoms with Crippen LogP contribution in [-0.2, 0) is 0 Å². The average Bonchev–Trinajstić information content (AvgIpc) is 2.28. The first-order valence-corrected chi connectivity index (χ1v) is 5.84. The van der Waals surface area contributed by atoms with Crippen LogP contribution in [0.3, 0.4) is 0 Å². The highest BCUT2D eigenvalue weighted by molar-refractivity contribution is 5.62. The maximum atomic E-state index is 9.96. The number of nitrogens with zero attached hydrogens (tertiary/aromatic N) is 1. The minimum atomic E-state index is -0.422. The number of hydrogen-bond acceptors (Lipinski definition) is 3. The fraction of sp³-hybridized carbons (Fsp3) is 0.538. The quantitative estimate of drug-likeness (QED) is 0.788. The van der Waals surface area contributed by atoms with E-state index >= 15 is 0 Å². The molecule has 3 N–H and O–H groups in total. The van der Waals surface area contributed by atoms with Crippen molar-refractivity contribution >= 4 is 5.69 Å². The van der Waals surface area contributed by atoms with E-state index < -0.39 is 6.10 Å². The lowest BCUT2D eigenvalue weighted by molar-refractivity contribution is 0.145. The predicted octanol–water partition coefficient (Wildman–Crippen LogP) is 1.24. The minimum absolute atomic E-state index is 0.191. The van der Waals surface area contributed by atoms with Crippen molar-refractivity contribution in [3.8, 4) is 0 Å². The molecule has 0 spiro atoms. The molecule has 1 aliphatic rings. The van der Waals surface area contributed by atoms with Crippen LogP contribution < -0.4 is 10.6 Å². The zero-order valence-corrected chi connectivity index (χ0v) is 9.98. The Kier molecular flexibility index (Phi) is 3.17. The van der Waals surface area contributed by atoms with E-state index in [1.165, 1.54) is 16.8 Å². The summed E-state index contributed by atoms with van der Waals surface area (Å²) in [6.07, 6.45) is 0.556. The molecule has 3 heteroatoms. The second-order valence-electron chi connectivity index (χ2n) is 4.63. The van der Waals surface area contributed by atoms with E-state index in [0.717, 1.165) is 13.0 Å². The molecule has 0 radical (unpaired) electrons. The predicted molar refractivity (Wildman–Crippen MR) is 66.9 cm³/mol. The average molecular weight is 220 g/mol. The van der Waals surface area contributed by atoms with Crippen LogP contribution in [0.25, 0.3) is 0 Å². The van der Waals surface area contributed by atoms with Crippen molar-refractivity contribution in [2.24, 2.45) is 5.73 Å². The van der Waals surface area contributed by atoms with Gasteiger partial charge < -0.3 is 15.7 Å². The van der Waals surface area contributed by atoms with Crippen LogP contribution in [0.1, 0.15) is 23.5 Å². The Balaban J connectivity index is 2.44. The van der Waals surface area contributed by atoms with E-state index in [0.29, 0.717) is 6.54 Å². The van der Waals surface area contributed by atoms with Crippen molar-refractivity contribution in [2.45, 2.75) is 25.4 Å². The van der Waals surface area contributed by atoms with Crippen LogP contribution in [0.2, 0.25) is 0 Å². The number of rotatable bonds is 2. The molecule has 2 unspecified atom stereocenters. The second-order valence-corrected chi connectivity index (χ2v) is 4.63. The van der Waals surface area contributed by atoms with Crippen LogP contribution >= 0.6 is 0 Å². The van der Waals surface area contributed by atoms with Crippen molar-refractivity contribution in [1.29, 1.82) is 0 Å². The number of aliphatic hydroxyl groups is 1. The number of nitrogens with two attached hydrogens (primary N) is 1. The molecule has 16 heavy (non-hydrogen) atoms. The van der Waals surface area contributed by atoms with Gasteiger partial charge in [0.25, 0.3) is 0 Å². The van der Waals surface area contributed by atoms with Gasteiger partial charge >= 0.3 is 0 Å². The van der Waals surface area contributed by atoms with Crippen LogP contribution in [-0.4, -0.2) is 31.3 Å². The summed E-state index contributed by atoms with van der Waals surface area (Å²) in [4.78, 5) is 2.27. The molecule has 0 saturated carbocycles. The van der Waals surface area contributed by atoms with Gasteiger partial charge in [0.2, 0.25) is 0 Å². The second kappa shape index (κ2) is 4.44. The summed E-state index contributed by atoms with van der Waals surface area (Å²) in [5.41, 5.74) is 9.35. The Hall–Kier alpha value is -1.06. The summed E-state index contributed by atoms with van der Waals surface area (Å²) < 4.78 is 0. The van der Waals surface area contributed by atoms with Crippen molar-refractivity contribution in [3.05, 3.63) is 29.3 Å². The fourth-order valence-electron chi connectivity index (χ4n) is 2.67. The molecule has 0 amide bonds. The van der Waals surface area contributed by atoms with E-state index in [1.54, 1.807) is 0 Å². The van der Waals surface area contributed by atoms with Crippen LogP contribution in [0, 0.1) is 6.92 Å². The molecule has 3 nitrogen and oxygen atoms in total. The van der Waals surface area contributed by atoms with Crippen molar-refractivity contribution in [1.82, 2.24) is 0 Å². The molecule has 0 saturated heterocycles. The molecule has 2 atom stereocenters. The van der Waals surface area contributed by atoms with Crippen molar-refractivity contribution in [3.63, 3.8) is 0 Å². The summed E-state index contributed by atoms with van der Waals surface area (Å²) >= 11 is 0. The third kappa shape index (κ3) is 1.81. The topological polar surface area (TPSA) is 49.5 Å². The molecule has 0 fully saturated rings. The highest BCUT2D eigenvalue weighted by Crippen LogP contribution is 2.38. The minimum Gasteiger partial charge on any atom is -0.391 e. The monoisotopic (exact) mass is 220 g/mol. The highest BCUT2D eigenvalue weighted by Gasteiger charge is 2.28. The van der Waals surface area contributed by atoms with Gasteiger partial charge in [-0.1, -0.05) is 18.2 Å². The van der Waals surface area contributed by atoms with Gasteiger partial charge in [-0.05, 0) is 24.5 Å². The number of hydrogen-bond donors (Lipinski definition) is 2. The maximum absolute atomic E-state index is 9.96. The molecule has 1 aromatic carbocycles. The third-order valence-corrected chi connectivity index (χ3v) is 3.53. The smallest absolute Gasteiger partial charge is 0.0732 e. The van der Waals surface area contributed by atoms with Crippen LogP contribution in [0.15, 0.2) is 18.2 Å². The fourth-order valence-corrected chi connectivity index (χ4v) is 2.67. The lowest BCUT2D eigenvalue weighted by Crippen LogP contribution is -2.35. The number of para-hydroxylation sites is 1. The third-order valence-electron chi connectivity index (χ3n) is 3.53. The van der Waals surface area contributed by atoms with E-state index in [9.17, 15) is 5.11 Å². The Labute approximate surface area is 96.9 Å². The Morgan fingerprint density at radius 1 is 1.56 bits per heavy atom.